The number of benzene rings is 2. The van der Waals surface area contributed by atoms with Crippen LogP contribution in [0.3, 0.4) is 0 Å². The van der Waals surface area contributed by atoms with E-state index in [2.05, 4.69) is 13.0 Å². The van der Waals surface area contributed by atoms with Crippen LogP contribution < -0.4 is 19.1 Å². The summed E-state index contributed by atoms with van der Waals surface area (Å²) in [4.78, 5) is 22.4. The van der Waals surface area contributed by atoms with Crippen molar-refractivity contribution in [1.82, 2.24) is 9.88 Å². The molecule has 1 heterocycles. The molecular formula is C25H34ClN3O4S. The van der Waals surface area contributed by atoms with Gasteiger partial charge in [0.2, 0.25) is 5.75 Å². The molecule has 0 N–H and O–H groups in total. The molecule has 0 fully saturated rings. The molecular weight excluding hydrogens is 474 g/mol. The summed E-state index contributed by atoms with van der Waals surface area (Å²) in [6, 6.07) is 9.60. The number of hydrogen-bond acceptors (Lipinski definition) is 7. The first kappa shape index (κ1) is 27.7. The second kappa shape index (κ2) is 12.8. The van der Waals surface area contributed by atoms with Gasteiger partial charge in [-0.3, -0.25) is 9.69 Å². The second-order valence-corrected chi connectivity index (χ2v) is 8.84. The average Bonchev–Trinajstić information content (AvgIpc) is 3.18. The van der Waals surface area contributed by atoms with Crippen LogP contribution in [-0.4, -0.2) is 62.8 Å². The van der Waals surface area contributed by atoms with Gasteiger partial charge < -0.3 is 19.1 Å². The third-order valence-corrected chi connectivity index (χ3v) is 5.98. The van der Waals surface area contributed by atoms with E-state index in [4.69, 9.17) is 19.2 Å². The lowest BCUT2D eigenvalue weighted by atomic mass is 10.1. The van der Waals surface area contributed by atoms with Gasteiger partial charge in [0.15, 0.2) is 16.6 Å². The van der Waals surface area contributed by atoms with E-state index in [-0.39, 0.29) is 18.3 Å². The molecule has 0 aliphatic heterocycles. The van der Waals surface area contributed by atoms with Crippen LogP contribution in [-0.2, 0) is 0 Å². The predicted molar refractivity (Wildman–Crippen MR) is 142 cm³/mol. The van der Waals surface area contributed by atoms with Crippen molar-refractivity contribution < 1.29 is 19.0 Å². The van der Waals surface area contributed by atoms with Crippen molar-refractivity contribution in [3.63, 3.8) is 0 Å². The molecule has 34 heavy (non-hydrogen) atoms. The summed E-state index contributed by atoms with van der Waals surface area (Å²) in [7, 11) is 3.98. The van der Waals surface area contributed by atoms with Crippen LogP contribution in [0.5, 0.6) is 17.2 Å². The fourth-order valence-corrected chi connectivity index (χ4v) is 4.48. The van der Waals surface area contributed by atoms with Crippen molar-refractivity contribution >= 4 is 45.0 Å². The topological polar surface area (TPSA) is 64.1 Å². The lowest BCUT2D eigenvalue weighted by Gasteiger charge is -2.23. The van der Waals surface area contributed by atoms with E-state index in [0.29, 0.717) is 60.9 Å². The number of likely N-dealkylation sites (N-methyl/N-ethyl adjacent to an activating group) is 1. The summed E-state index contributed by atoms with van der Waals surface area (Å²) in [5.74, 6) is 1.37. The molecule has 9 heteroatoms. The molecule has 1 aromatic heterocycles. The Kier molecular flexibility index (Phi) is 10.4. The van der Waals surface area contributed by atoms with Gasteiger partial charge in [0.05, 0.1) is 30.0 Å². The number of nitrogens with zero attached hydrogens (tertiary/aromatic N) is 3. The number of rotatable bonds is 11. The molecule has 0 aliphatic rings. The first-order chi connectivity index (χ1) is 15.9. The number of carbonyl (C=O) groups excluding carboxylic acids is 1. The highest BCUT2D eigenvalue weighted by Crippen LogP contribution is 2.40. The highest BCUT2D eigenvalue weighted by atomic mass is 35.5. The van der Waals surface area contributed by atoms with E-state index >= 15 is 0 Å². The Morgan fingerprint density at radius 2 is 1.56 bits per heavy atom. The predicted octanol–water partition coefficient (Wildman–Crippen LogP) is 5.43. The van der Waals surface area contributed by atoms with Gasteiger partial charge in [-0.1, -0.05) is 17.4 Å². The summed E-state index contributed by atoms with van der Waals surface area (Å²) in [5, 5.41) is 0.673. The molecule has 0 radical (unpaired) electrons. The van der Waals surface area contributed by atoms with Crippen LogP contribution in [0.1, 0.15) is 36.7 Å². The third-order valence-electron chi connectivity index (χ3n) is 4.94. The van der Waals surface area contributed by atoms with E-state index < -0.39 is 0 Å². The van der Waals surface area contributed by atoms with Gasteiger partial charge in [-0.05, 0) is 71.6 Å². The number of fused-ring (bicyclic) bond motifs is 1. The monoisotopic (exact) mass is 507 g/mol. The van der Waals surface area contributed by atoms with Crippen molar-refractivity contribution in [3.05, 3.63) is 41.5 Å². The summed E-state index contributed by atoms with van der Waals surface area (Å²) in [6.45, 7) is 10.3. The zero-order valence-corrected chi connectivity index (χ0v) is 22.3. The minimum Gasteiger partial charge on any atom is -0.490 e. The Balaban J connectivity index is 0.00000408. The largest absolute Gasteiger partial charge is 0.490 e. The Bertz CT molecular complexity index is 1080. The number of hydrogen-bond donors (Lipinski definition) is 0. The van der Waals surface area contributed by atoms with Crippen LogP contribution in [0.4, 0.5) is 5.13 Å². The van der Waals surface area contributed by atoms with Gasteiger partial charge >= 0.3 is 0 Å². The molecule has 186 valence electrons. The molecule has 3 aromatic rings. The molecule has 0 unspecified atom stereocenters. The Morgan fingerprint density at radius 1 is 0.941 bits per heavy atom. The molecule has 3 rings (SSSR count). The van der Waals surface area contributed by atoms with Crippen LogP contribution in [0.2, 0.25) is 0 Å². The average molecular weight is 508 g/mol. The molecule has 0 spiro atoms. The van der Waals surface area contributed by atoms with Crippen LogP contribution in [0.15, 0.2) is 30.3 Å². The number of halogens is 1. The van der Waals surface area contributed by atoms with Crippen LogP contribution in [0.25, 0.3) is 10.2 Å². The van der Waals surface area contributed by atoms with E-state index in [1.54, 1.807) is 17.0 Å². The lowest BCUT2D eigenvalue weighted by Crippen LogP contribution is -2.36. The fraction of sp³-hybridized carbons (Fsp3) is 0.440. The summed E-state index contributed by atoms with van der Waals surface area (Å²) in [6.07, 6.45) is 0. The van der Waals surface area contributed by atoms with Gasteiger partial charge in [-0.15, -0.1) is 12.4 Å². The van der Waals surface area contributed by atoms with Gasteiger partial charge in [-0.25, -0.2) is 4.98 Å². The molecule has 2 aromatic carbocycles. The highest BCUT2D eigenvalue weighted by Gasteiger charge is 2.25. The number of ether oxygens (including phenoxy) is 3. The summed E-state index contributed by atoms with van der Waals surface area (Å²) in [5.41, 5.74) is 2.53. The highest BCUT2D eigenvalue weighted by molar-refractivity contribution is 7.22. The zero-order chi connectivity index (χ0) is 24.0. The number of anilines is 1. The second-order valence-electron chi connectivity index (χ2n) is 7.83. The van der Waals surface area contributed by atoms with Crippen molar-refractivity contribution in [3.8, 4) is 17.2 Å². The maximum absolute atomic E-state index is 13.8. The fourth-order valence-electron chi connectivity index (χ4n) is 3.39. The minimum atomic E-state index is -0.155. The maximum Gasteiger partial charge on any atom is 0.260 e. The van der Waals surface area contributed by atoms with Crippen molar-refractivity contribution in [2.75, 3.05) is 51.9 Å². The quantitative estimate of drug-likeness (QED) is 0.345. The molecule has 0 bridgehead atoms. The Hall–Kier alpha value is -2.55. The van der Waals surface area contributed by atoms with Gasteiger partial charge in [0, 0.05) is 18.7 Å². The minimum absolute atomic E-state index is 0. The first-order valence-corrected chi connectivity index (χ1v) is 12.1. The van der Waals surface area contributed by atoms with Gasteiger partial charge in [-0.2, -0.15) is 0 Å². The van der Waals surface area contributed by atoms with Crippen molar-refractivity contribution in [2.24, 2.45) is 0 Å². The standard InChI is InChI=1S/C25H33N3O4S.ClH/c1-7-30-20-15-18(16-21(31-8-2)23(20)32-9-3)24(29)28(13-12-27(5)6)25-26-19-11-10-17(4)14-22(19)33-25;/h10-11,14-16H,7-9,12-13H2,1-6H3;1H. The SMILES string of the molecule is CCOc1cc(C(=O)N(CCN(C)C)c2nc3ccc(C)cc3s2)cc(OCC)c1OCC.Cl. The van der Waals surface area contributed by atoms with Gasteiger partial charge in [0.1, 0.15) is 0 Å². The first-order valence-electron chi connectivity index (χ1n) is 11.3. The smallest absolute Gasteiger partial charge is 0.260 e. The number of aryl methyl sites for hydroxylation is 1. The van der Waals surface area contributed by atoms with Gasteiger partial charge in [0.25, 0.3) is 5.91 Å². The van der Waals surface area contributed by atoms with E-state index in [0.717, 1.165) is 15.8 Å². The van der Waals surface area contributed by atoms with E-state index in [1.807, 2.05) is 51.9 Å². The summed E-state index contributed by atoms with van der Waals surface area (Å²) < 4.78 is 18.5. The van der Waals surface area contributed by atoms with Crippen LogP contribution >= 0.6 is 23.7 Å². The van der Waals surface area contributed by atoms with Crippen molar-refractivity contribution in [1.29, 1.82) is 0 Å². The normalized spacial score (nSPS) is 10.8. The Morgan fingerprint density at radius 3 is 2.12 bits per heavy atom. The summed E-state index contributed by atoms with van der Waals surface area (Å²) >= 11 is 1.52. The molecule has 0 aliphatic carbocycles. The number of aromatic nitrogens is 1. The van der Waals surface area contributed by atoms with E-state index in [9.17, 15) is 4.79 Å². The lowest BCUT2D eigenvalue weighted by molar-refractivity contribution is 0.0984. The number of thiazole rings is 1. The number of amides is 1. The molecule has 0 saturated heterocycles. The Labute approximate surface area is 212 Å². The zero-order valence-electron chi connectivity index (χ0n) is 20.7. The molecule has 7 nitrogen and oxygen atoms in total. The number of carbonyl (C=O) groups is 1. The molecule has 1 amide bonds. The van der Waals surface area contributed by atoms with E-state index in [1.165, 1.54) is 11.3 Å². The van der Waals surface area contributed by atoms with Crippen molar-refractivity contribution in [2.45, 2.75) is 27.7 Å². The third kappa shape index (κ3) is 6.52. The van der Waals surface area contributed by atoms with Crippen LogP contribution in [0, 0.1) is 6.92 Å². The molecule has 0 atom stereocenters. The maximum atomic E-state index is 13.8. The molecule has 0 saturated carbocycles.